The van der Waals surface area contributed by atoms with Crippen LogP contribution in [0, 0.1) is 0 Å². The number of phenols is 1. The van der Waals surface area contributed by atoms with Gasteiger partial charge in [0, 0.05) is 5.69 Å². The molecule has 0 aliphatic heterocycles. The Morgan fingerprint density at radius 1 is 1.24 bits per heavy atom. The standard InChI is InChI=1S/C15H15N3O2S/c1-20-14-8-7-11(9-13(14)19)10-16-18-15(21)17-12-5-3-2-4-6-12/h2-10,19H,1H3,(H2,17,18,21)/b16-10-. The van der Waals surface area contributed by atoms with E-state index in [4.69, 9.17) is 17.0 Å². The van der Waals surface area contributed by atoms with E-state index in [1.807, 2.05) is 30.3 Å². The first-order chi connectivity index (χ1) is 10.2. The fraction of sp³-hybridized carbons (Fsp3) is 0.0667. The second-order valence-electron chi connectivity index (χ2n) is 4.12. The average molecular weight is 301 g/mol. The molecule has 0 heterocycles. The normalized spacial score (nSPS) is 10.3. The molecule has 0 aliphatic rings. The molecule has 2 rings (SSSR count). The summed E-state index contributed by atoms with van der Waals surface area (Å²) in [6.45, 7) is 0. The number of phenolic OH excluding ortho intramolecular Hbond substituents is 1. The van der Waals surface area contributed by atoms with Gasteiger partial charge in [-0.2, -0.15) is 5.10 Å². The van der Waals surface area contributed by atoms with Gasteiger partial charge in [0.15, 0.2) is 16.6 Å². The van der Waals surface area contributed by atoms with E-state index in [0.717, 1.165) is 11.3 Å². The molecule has 3 N–H and O–H groups in total. The molecule has 6 heteroatoms. The minimum atomic E-state index is 0.0615. The summed E-state index contributed by atoms with van der Waals surface area (Å²) in [4.78, 5) is 0. The van der Waals surface area contributed by atoms with Crippen LogP contribution in [-0.2, 0) is 0 Å². The number of para-hydroxylation sites is 1. The lowest BCUT2D eigenvalue weighted by Crippen LogP contribution is -2.23. The number of hydrazone groups is 1. The Balaban J connectivity index is 1.90. The minimum absolute atomic E-state index is 0.0615. The van der Waals surface area contributed by atoms with E-state index < -0.39 is 0 Å². The molecule has 108 valence electrons. The Morgan fingerprint density at radius 2 is 2.00 bits per heavy atom. The Kier molecular flexibility index (Phi) is 5.11. The highest BCUT2D eigenvalue weighted by Gasteiger charge is 2.00. The number of nitrogens with one attached hydrogen (secondary N) is 2. The third-order valence-corrected chi connectivity index (χ3v) is 2.81. The van der Waals surface area contributed by atoms with E-state index in [9.17, 15) is 5.11 Å². The van der Waals surface area contributed by atoms with Crippen molar-refractivity contribution in [1.82, 2.24) is 5.43 Å². The molecule has 0 fully saturated rings. The summed E-state index contributed by atoms with van der Waals surface area (Å²) >= 11 is 5.11. The molecule has 0 saturated carbocycles. The Hall–Kier alpha value is -2.60. The van der Waals surface area contributed by atoms with E-state index in [1.54, 1.807) is 24.4 Å². The van der Waals surface area contributed by atoms with Crippen molar-refractivity contribution in [3.63, 3.8) is 0 Å². The number of benzene rings is 2. The summed E-state index contributed by atoms with van der Waals surface area (Å²) in [5.74, 6) is 0.479. The van der Waals surface area contributed by atoms with Crippen LogP contribution in [0.2, 0.25) is 0 Å². The van der Waals surface area contributed by atoms with Crippen molar-refractivity contribution in [2.24, 2.45) is 5.10 Å². The summed E-state index contributed by atoms with van der Waals surface area (Å²) in [7, 11) is 1.50. The summed E-state index contributed by atoms with van der Waals surface area (Å²) < 4.78 is 4.97. The van der Waals surface area contributed by atoms with Crippen LogP contribution in [-0.4, -0.2) is 23.5 Å². The molecule has 0 aromatic heterocycles. The van der Waals surface area contributed by atoms with Crippen molar-refractivity contribution in [3.05, 3.63) is 54.1 Å². The maximum atomic E-state index is 9.65. The van der Waals surface area contributed by atoms with E-state index in [0.29, 0.717) is 10.9 Å². The average Bonchev–Trinajstić information content (AvgIpc) is 2.48. The van der Waals surface area contributed by atoms with Gasteiger partial charge in [0.25, 0.3) is 0 Å². The van der Waals surface area contributed by atoms with Crippen LogP contribution in [0.25, 0.3) is 0 Å². The molecule has 0 amide bonds. The highest BCUT2D eigenvalue weighted by atomic mass is 32.1. The van der Waals surface area contributed by atoms with Crippen LogP contribution in [0.15, 0.2) is 53.6 Å². The maximum Gasteiger partial charge on any atom is 0.191 e. The monoisotopic (exact) mass is 301 g/mol. The molecule has 0 atom stereocenters. The first kappa shape index (κ1) is 14.8. The largest absolute Gasteiger partial charge is 0.504 e. The number of hydrogen-bond donors (Lipinski definition) is 3. The quantitative estimate of drug-likeness (QED) is 0.460. The topological polar surface area (TPSA) is 65.9 Å². The lowest BCUT2D eigenvalue weighted by Gasteiger charge is -2.06. The van der Waals surface area contributed by atoms with Gasteiger partial charge >= 0.3 is 0 Å². The minimum Gasteiger partial charge on any atom is -0.504 e. The van der Waals surface area contributed by atoms with Crippen LogP contribution >= 0.6 is 12.2 Å². The van der Waals surface area contributed by atoms with Crippen LogP contribution < -0.4 is 15.5 Å². The third kappa shape index (κ3) is 4.47. The predicted molar refractivity (Wildman–Crippen MR) is 88.1 cm³/mol. The van der Waals surface area contributed by atoms with Crippen LogP contribution in [0.3, 0.4) is 0 Å². The molecule has 21 heavy (non-hydrogen) atoms. The molecule has 2 aromatic rings. The number of ether oxygens (including phenoxy) is 1. The second-order valence-corrected chi connectivity index (χ2v) is 4.53. The zero-order chi connectivity index (χ0) is 15.1. The first-order valence-corrected chi connectivity index (χ1v) is 6.62. The number of aromatic hydroxyl groups is 1. The Morgan fingerprint density at radius 3 is 2.67 bits per heavy atom. The summed E-state index contributed by atoms with van der Waals surface area (Å²) in [6, 6.07) is 14.5. The molecule has 0 radical (unpaired) electrons. The second kappa shape index (κ2) is 7.25. The van der Waals surface area contributed by atoms with Gasteiger partial charge in [-0.05, 0) is 48.1 Å². The molecule has 0 unspecified atom stereocenters. The van der Waals surface area contributed by atoms with Gasteiger partial charge < -0.3 is 15.2 Å². The summed E-state index contributed by atoms with van der Waals surface area (Å²) in [5.41, 5.74) is 4.31. The number of rotatable bonds is 4. The molecule has 0 bridgehead atoms. The van der Waals surface area contributed by atoms with Crippen LogP contribution in [0.4, 0.5) is 5.69 Å². The lowest BCUT2D eigenvalue weighted by atomic mass is 10.2. The molecule has 0 aliphatic carbocycles. The van der Waals surface area contributed by atoms with E-state index >= 15 is 0 Å². The smallest absolute Gasteiger partial charge is 0.191 e. The van der Waals surface area contributed by atoms with Crippen molar-refractivity contribution < 1.29 is 9.84 Å². The van der Waals surface area contributed by atoms with Gasteiger partial charge in [0.1, 0.15) is 0 Å². The van der Waals surface area contributed by atoms with E-state index in [-0.39, 0.29) is 5.75 Å². The molecular formula is C15H15N3O2S. The van der Waals surface area contributed by atoms with Crippen molar-refractivity contribution in [2.45, 2.75) is 0 Å². The van der Waals surface area contributed by atoms with Gasteiger partial charge in [-0.1, -0.05) is 18.2 Å². The van der Waals surface area contributed by atoms with Crippen LogP contribution in [0.1, 0.15) is 5.56 Å². The van der Waals surface area contributed by atoms with Crippen molar-refractivity contribution >= 4 is 29.2 Å². The van der Waals surface area contributed by atoms with Gasteiger partial charge in [-0.25, -0.2) is 0 Å². The van der Waals surface area contributed by atoms with Gasteiger partial charge in [-0.3, -0.25) is 5.43 Å². The highest BCUT2D eigenvalue weighted by Crippen LogP contribution is 2.25. The van der Waals surface area contributed by atoms with Crippen molar-refractivity contribution in [2.75, 3.05) is 12.4 Å². The number of nitrogens with zero attached hydrogens (tertiary/aromatic N) is 1. The number of thiocarbonyl (C=S) groups is 1. The number of methoxy groups -OCH3 is 1. The van der Waals surface area contributed by atoms with Crippen molar-refractivity contribution in [1.29, 1.82) is 0 Å². The van der Waals surface area contributed by atoms with Gasteiger partial charge in [0.05, 0.1) is 13.3 Å². The summed E-state index contributed by atoms with van der Waals surface area (Å²) in [6.07, 6.45) is 1.55. The SMILES string of the molecule is COc1ccc(/C=N\NC(=S)Nc2ccccc2)cc1O. The van der Waals surface area contributed by atoms with Gasteiger partial charge in [-0.15, -0.1) is 0 Å². The maximum absolute atomic E-state index is 9.65. The fourth-order valence-corrected chi connectivity index (χ4v) is 1.80. The zero-order valence-corrected chi connectivity index (χ0v) is 12.2. The zero-order valence-electron chi connectivity index (χ0n) is 11.4. The van der Waals surface area contributed by atoms with Crippen LogP contribution in [0.5, 0.6) is 11.5 Å². The fourth-order valence-electron chi connectivity index (χ4n) is 1.63. The molecule has 0 saturated heterocycles. The number of hydrogen-bond acceptors (Lipinski definition) is 4. The van der Waals surface area contributed by atoms with Gasteiger partial charge in [0.2, 0.25) is 0 Å². The summed E-state index contributed by atoms with van der Waals surface area (Å²) in [5, 5.41) is 17.0. The molecule has 0 spiro atoms. The highest BCUT2D eigenvalue weighted by molar-refractivity contribution is 7.80. The predicted octanol–water partition coefficient (Wildman–Crippen LogP) is 2.72. The van der Waals surface area contributed by atoms with Crippen molar-refractivity contribution in [3.8, 4) is 11.5 Å². The Labute approximate surface area is 128 Å². The molecular weight excluding hydrogens is 286 g/mol. The lowest BCUT2D eigenvalue weighted by molar-refractivity contribution is 0.373. The molecule has 5 nitrogen and oxygen atoms in total. The first-order valence-electron chi connectivity index (χ1n) is 6.21. The Bertz CT molecular complexity index is 645. The number of anilines is 1. The molecule has 2 aromatic carbocycles. The van der Waals surface area contributed by atoms with E-state index in [1.165, 1.54) is 7.11 Å². The van der Waals surface area contributed by atoms with E-state index in [2.05, 4.69) is 15.8 Å². The third-order valence-electron chi connectivity index (χ3n) is 2.61.